The Hall–Kier alpha value is -3.69. The molecule has 0 unspecified atom stereocenters. The van der Waals surface area contributed by atoms with E-state index in [1.165, 1.54) is 18.3 Å². The molecule has 0 aliphatic carbocycles. The fourth-order valence-corrected chi connectivity index (χ4v) is 3.59. The summed E-state index contributed by atoms with van der Waals surface area (Å²) in [4.78, 5) is 51.4. The van der Waals surface area contributed by atoms with Crippen LogP contribution in [0.5, 0.6) is 0 Å². The molecule has 182 valence electrons. The Morgan fingerprint density at radius 1 is 1.12 bits per heavy atom. The minimum atomic E-state index is -0.511. The molecule has 1 N–H and O–H groups in total. The number of esters is 1. The Labute approximate surface area is 199 Å². The summed E-state index contributed by atoms with van der Waals surface area (Å²) in [6, 6.07) is 7.39. The van der Waals surface area contributed by atoms with Crippen LogP contribution in [0.3, 0.4) is 0 Å². The number of rotatable bonds is 8. The van der Waals surface area contributed by atoms with Gasteiger partial charge in [0, 0.05) is 51.7 Å². The van der Waals surface area contributed by atoms with E-state index in [-0.39, 0.29) is 30.3 Å². The van der Waals surface area contributed by atoms with Gasteiger partial charge in [0.1, 0.15) is 12.2 Å². The molecule has 10 heteroatoms. The number of aromatic nitrogens is 2. The molecule has 0 radical (unpaired) electrons. The topological polar surface area (TPSA) is 108 Å². The lowest BCUT2D eigenvalue weighted by Gasteiger charge is -2.37. The van der Waals surface area contributed by atoms with Gasteiger partial charge in [-0.3, -0.25) is 19.4 Å². The molecule has 34 heavy (non-hydrogen) atoms. The summed E-state index contributed by atoms with van der Waals surface area (Å²) in [5, 5.41) is 2.47. The average Bonchev–Trinajstić information content (AvgIpc) is 2.86. The minimum Gasteiger partial charge on any atom is -0.465 e. The van der Waals surface area contributed by atoms with E-state index in [9.17, 15) is 14.4 Å². The third-order valence-electron chi connectivity index (χ3n) is 5.73. The highest BCUT2D eigenvalue weighted by Crippen LogP contribution is 2.28. The van der Waals surface area contributed by atoms with Crippen molar-refractivity contribution in [2.24, 2.45) is 0 Å². The Morgan fingerprint density at radius 3 is 2.47 bits per heavy atom. The molecular formula is C24H32N6O4. The molecule has 0 bridgehead atoms. The molecule has 0 spiro atoms. The van der Waals surface area contributed by atoms with Gasteiger partial charge in [0.05, 0.1) is 17.9 Å². The van der Waals surface area contributed by atoms with Crippen molar-refractivity contribution in [2.75, 3.05) is 56.2 Å². The van der Waals surface area contributed by atoms with Gasteiger partial charge in [0.15, 0.2) is 5.82 Å². The van der Waals surface area contributed by atoms with E-state index in [1.54, 1.807) is 18.0 Å². The molecule has 2 aromatic heterocycles. The second kappa shape index (κ2) is 11.4. The molecule has 1 aliphatic rings. The van der Waals surface area contributed by atoms with Gasteiger partial charge in [-0.2, -0.15) is 0 Å². The van der Waals surface area contributed by atoms with Crippen LogP contribution in [0, 0.1) is 0 Å². The van der Waals surface area contributed by atoms with Gasteiger partial charge in [-0.1, -0.05) is 0 Å². The lowest BCUT2D eigenvalue weighted by molar-refractivity contribution is -0.141. The van der Waals surface area contributed by atoms with E-state index in [0.29, 0.717) is 32.2 Å². The van der Waals surface area contributed by atoms with Crippen molar-refractivity contribution in [1.29, 1.82) is 0 Å². The monoisotopic (exact) mass is 468 g/mol. The van der Waals surface area contributed by atoms with Crippen LogP contribution < -0.4 is 15.1 Å². The number of piperazine rings is 1. The van der Waals surface area contributed by atoms with E-state index in [2.05, 4.69) is 52.0 Å². The summed E-state index contributed by atoms with van der Waals surface area (Å²) >= 11 is 0. The molecule has 0 aromatic carbocycles. The van der Waals surface area contributed by atoms with Crippen LogP contribution in [0.15, 0.2) is 36.7 Å². The highest BCUT2D eigenvalue weighted by molar-refractivity contribution is 5.97. The number of nitrogens with zero attached hydrogens (tertiary/aromatic N) is 5. The largest absolute Gasteiger partial charge is 0.465 e. The predicted octanol–water partition coefficient (Wildman–Crippen LogP) is 1.58. The number of hydrogen-bond acceptors (Lipinski definition) is 8. The molecule has 3 rings (SSSR count). The van der Waals surface area contributed by atoms with E-state index in [1.807, 2.05) is 6.07 Å². The maximum absolute atomic E-state index is 12.9. The molecule has 1 fully saturated rings. The summed E-state index contributed by atoms with van der Waals surface area (Å²) in [5.41, 5.74) is 1.60. The highest BCUT2D eigenvalue weighted by atomic mass is 16.5. The van der Waals surface area contributed by atoms with Gasteiger partial charge >= 0.3 is 5.97 Å². The predicted molar refractivity (Wildman–Crippen MR) is 129 cm³/mol. The first kappa shape index (κ1) is 24.9. The van der Waals surface area contributed by atoms with E-state index < -0.39 is 11.9 Å². The lowest BCUT2D eigenvalue weighted by Crippen LogP contribution is -2.49. The molecule has 0 saturated carbocycles. The maximum Gasteiger partial charge on any atom is 0.325 e. The number of nitrogens with one attached hydrogen (secondary N) is 1. The zero-order valence-electron chi connectivity index (χ0n) is 20.2. The zero-order chi connectivity index (χ0) is 24.7. The van der Waals surface area contributed by atoms with Gasteiger partial charge in [-0.25, -0.2) is 4.98 Å². The van der Waals surface area contributed by atoms with Gasteiger partial charge in [0.2, 0.25) is 0 Å². The van der Waals surface area contributed by atoms with E-state index >= 15 is 0 Å². The normalized spacial score (nSPS) is 13.6. The van der Waals surface area contributed by atoms with Gasteiger partial charge < -0.3 is 24.8 Å². The first-order valence-corrected chi connectivity index (χ1v) is 11.4. The van der Waals surface area contributed by atoms with Crippen LogP contribution in [0.1, 0.15) is 41.6 Å². The zero-order valence-corrected chi connectivity index (χ0v) is 20.2. The van der Waals surface area contributed by atoms with Crippen LogP contribution >= 0.6 is 0 Å². The maximum atomic E-state index is 12.9. The van der Waals surface area contributed by atoms with Crippen molar-refractivity contribution < 1.29 is 19.1 Å². The van der Waals surface area contributed by atoms with E-state index in [0.717, 1.165) is 11.5 Å². The fourth-order valence-electron chi connectivity index (χ4n) is 3.59. The molecule has 2 amide bonds. The molecule has 2 aromatic rings. The highest BCUT2D eigenvalue weighted by Gasteiger charge is 2.26. The van der Waals surface area contributed by atoms with Crippen molar-refractivity contribution in [3.05, 3.63) is 47.9 Å². The van der Waals surface area contributed by atoms with Crippen LogP contribution in [0.4, 0.5) is 11.5 Å². The smallest absolute Gasteiger partial charge is 0.325 e. The molecule has 10 nitrogen and oxygen atoms in total. The molecular weight excluding hydrogens is 436 g/mol. The standard InChI is InChI=1S/C24H32N6O4/c1-5-34-21(31)16-27-23(32)18-8-9-19(26-15-18)24(33)30-13-11-29(12-14-30)22-20(7-6-10-25-22)28(4)17(2)3/h6-10,15,17H,5,11-14,16H2,1-4H3,(H,27,32). The second-order valence-electron chi connectivity index (χ2n) is 8.25. The van der Waals surface area contributed by atoms with Crippen LogP contribution in [0.2, 0.25) is 0 Å². The summed E-state index contributed by atoms with van der Waals surface area (Å²) in [6.45, 7) is 8.41. The Bertz CT molecular complexity index is 1000. The average molecular weight is 469 g/mol. The number of carbonyl (C=O) groups is 3. The number of hydrogen-bond donors (Lipinski definition) is 1. The quantitative estimate of drug-likeness (QED) is 0.582. The third kappa shape index (κ3) is 6.00. The minimum absolute atomic E-state index is 0.182. The number of pyridine rings is 2. The lowest BCUT2D eigenvalue weighted by atomic mass is 10.2. The molecule has 0 atom stereocenters. The number of amides is 2. The summed E-state index contributed by atoms with van der Waals surface area (Å²) < 4.78 is 4.78. The second-order valence-corrected chi connectivity index (χ2v) is 8.25. The first-order chi connectivity index (χ1) is 16.3. The number of carbonyl (C=O) groups excluding carboxylic acids is 3. The van der Waals surface area contributed by atoms with Crippen molar-refractivity contribution in [2.45, 2.75) is 26.8 Å². The number of anilines is 2. The van der Waals surface area contributed by atoms with Gasteiger partial charge in [-0.15, -0.1) is 0 Å². The van der Waals surface area contributed by atoms with Crippen molar-refractivity contribution >= 4 is 29.3 Å². The fraction of sp³-hybridized carbons (Fsp3) is 0.458. The van der Waals surface area contributed by atoms with Crippen molar-refractivity contribution in [3.63, 3.8) is 0 Å². The van der Waals surface area contributed by atoms with Crippen molar-refractivity contribution in [1.82, 2.24) is 20.2 Å². The van der Waals surface area contributed by atoms with Crippen molar-refractivity contribution in [3.8, 4) is 0 Å². The van der Waals surface area contributed by atoms with E-state index in [4.69, 9.17) is 4.74 Å². The van der Waals surface area contributed by atoms with Crippen LogP contribution in [-0.2, 0) is 9.53 Å². The Balaban J connectivity index is 1.58. The summed E-state index contributed by atoms with van der Waals surface area (Å²) in [6.07, 6.45) is 3.13. The molecule has 1 saturated heterocycles. The summed E-state index contributed by atoms with van der Waals surface area (Å²) in [5.74, 6) is -0.227. The third-order valence-corrected chi connectivity index (χ3v) is 5.73. The number of ether oxygens (including phenoxy) is 1. The van der Waals surface area contributed by atoms with Crippen LogP contribution in [0.25, 0.3) is 0 Å². The van der Waals surface area contributed by atoms with Gasteiger partial charge in [0.25, 0.3) is 11.8 Å². The van der Waals surface area contributed by atoms with Gasteiger partial charge in [-0.05, 0) is 45.0 Å². The molecule has 3 heterocycles. The van der Waals surface area contributed by atoms with Crippen LogP contribution in [-0.4, -0.2) is 85.1 Å². The Kier molecular flexibility index (Phi) is 8.39. The SMILES string of the molecule is CCOC(=O)CNC(=O)c1ccc(C(=O)N2CCN(c3ncccc3N(C)C(C)C)CC2)nc1. The Morgan fingerprint density at radius 2 is 1.85 bits per heavy atom. The molecule has 1 aliphatic heterocycles. The summed E-state index contributed by atoms with van der Waals surface area (Å²) in [7, 11) is 2.05. The first-order valence-electron chi connectivity index (χ1n) is 11.4.